The number of carbonyl (C=O) groups excluding carboxylic acids is 2. The monoisotopic (exact) mass is 369 g/mol. The van der Waals surface area contributed by atoms with E-state index in [1.807, 2.05) is 6.07 Å². The Balaban J connectivity index is 1.60. The number of piperidine rings is 1. The zero-order valence-corrected chi connectivity index (χ0v) is 16.1. The fourth-order valence-corrected chi connectivity index (χ4v) is 6.09. The normalized spacial score (nSPS) is 33.4. The Morgan fingerprint density at radius 1 is 1.41 bits per heavy atom. The summed E-state index contributed by atoms with van der Waals surface area (Å²) in [5.74, 6) is 1.61. The van der Waals surface area contributed by atoms with Gasteiger partial charge < -0.3 is 14.4 Å². The Morgan fingerprint density at radius 3 is 3.07 bits per heavy atom. The van der Waals surface area contributed by atoms with E-state index in [0.717, 1.165) is 38.6 Å². The van der Waals surface area contributed by atoms with Crippen LogP contribution in [0.3, 0.4) is 0 Å². The molecule has 0 N–H and O–H groups in total. The number of rotatable bonds is 4. The van der Waals surface area contributed by atoms with Crippen LogP contribution in [0.4, 0.5) is 0 Å². The molecule has 2 aliphatic carbocycles. The summed E-state index contributed by atoms with van der Waals surface area (Å²) in [6, 6.07) is 4.43. The first-order valence-electron chi connectivity index (χ1n) is 10.3. The van der Waals surface area contributed by atoms with E-state index in [1.54, 1.807) is 0 Å². The number of ketones is 1. The van der Waals surface area contributed by atoms with Crippen molar-refractivity contribution in [1.29, 1.82) is 0 Å². The van der Waals surface area contributed by atoms with Crippen molar-refractivity contribution in [3.63, 3.8) is 0 Å². The van der Waals surface area contributed by atoms with Gasteiger partial charge in [-0.1, -0.05) is 19.4 Å². The summed E-state index contributed by atoms with van der Waals surface area (Å²) in [7, 11) is 2.20. The van der Waals surface area contributed by atoms with Crippen LogP contribution >= 0.6 is 0 Å². The number of Topliss-reactive ketones (excluding diaryl/α,β-unsaturated/α-hetero) is 1. The predicted octanol–water partition coefficient (Wildman–Crippen LogP) is 3.02. The molecule has 0 radical (unpaired) electrons. The van der Waals surface area contributed by atoms with Crippen molar-refractivity contribution in [2.24, 2.45) is 5.92 Å². The summed E-state index contributed by atoms with van der Waals surface area (Å²) in [4.78, 5) is 27.5. The lowest BCUT2D eigenvalue weighted by atomic mass is 9.52. The van der Waals surface area contributed by atoms with Gasteiger partial charge in [-0.05, 0) is 56.8 Å². The third-order valence-electron chi connectivity index (χ3n) is 7.33. The topological polar surface area (TPSA) is 55.8 Å². The molecule has 2 aliphatic heterocycles. The van der Waals surface area contributed by atoms with Crippen molar-refractivity contribution >= 4 is 11.8 Å². The molecule has 2 heterocycles. The molecule has 4 aliphatic rings. The highest BCUT2D eigenvalue weighted by molar-refractivity contribution is 5.89. The molecule has 5 heteroatoms. The number of benzene rings is 1. The average molecular weight is 369 g/mol. The highest BCUT2D eigenvalue weighted by atomic mass is 16.6. The van der Waals surface area contributed by atoms with Gasteiger partial charge in [-0.15, -0.1) is 0 Å². The van der Waals surface area contributed by atoms with Crippen molar-refractivity contribution in [3.8, 4) is 11.5 Å². The van der Waals surface area contributed by atoms with E-state index >= 15 is 0 Å². The second-order valence-corrected chi connectivity index (χ2v) is 8.66. The van der Waals surface area contributed by atoms with Crippen LogP contribution in [0.25, 0.3) is 0 Å². The van der Waals surface area contributed by atoms with Crippen molar-refractivity contribution in [2.75, 3.05) is 13.6 Å². The van der Waals surface area contributed by atoms with Gasteiger partial charge in [0.15, 0.2) is 23.4 Å². The molecule has 0 amide bonds. The van der Waals surface area contributed by atoms with Gasteiger partial charge in [0, 0.05) is 29.9 Å². The van der Waals surface area contributed by atoms with Crippen LogP contribution in [0.5, 0.6) is 11.5 Å². The summed E-state index contributed by atoms with van der Waals surface area (Å²) in [6.07, 6.45) is 5.24. The van der Waals surface area contributed by atoms with Gasteiger partial charge in [-0.2, -0.15) is 0 Å². The van der Waals surface area contributed by atoms with Crippen LogP contribution in [0, 0.1) is 5.92 Å². The first kappa shape index (κ1) is 17.2. The van der Waals surface area contributed by atoms with Gasteiger partial charge in [-0.25, -0.2) is 0 Å². The lowest BCUT2D eigenvalue weighted by Gasteiger charge is -2.57. The molecule has 144 valence electrons. The predicted molar refractivity (Wildman–Crippen MR) is 100 cm³/mol. The maximum atomic E-state index is 12.8. The number of hydrogen-bond donors (Lipinski definition) is 0. The number of likely N-dealkylation sites (tertiary alicyclic amines) is 1. The standard InChI is InChI=1S/C22H27NO4/c1-3-4-5-18(25)26-17-9-6-13-12-15-14-7-8-16(24)21-22(14,10-11-23(15)2)19(13)20(17)27-21/h6,9,14-15,21H,3-5,7-8,10-12H2,1-2H3/t14?,15-,21+,22+/m1/s1. The molecule has 1 saturated carbocycles. The smallest absolute Gasteiger partial charge is 0.311 e. The third kappa shape index (κ3) is 2.27. The summed E-state index contributed by atoms with van der Waals surface area (Å²) >= 11 is 0. The molecule has 4 atom stereocenters. The second-order valence-electron chi connectivity index (χ2n) is 8.66. The van der Waals surface area contributed by atoms with Crippen LogP contribution in [-0.4, -0.2) is 42.4 Å². The molecule has 1 spiro atoms. The summed E-state index contributed by atoms with van der Waals surface area (Å²) < 4.78 is 12.0. The maximum absolute atomic E-state index is 12.8. The molecule has 1 aromatic carbocycles. The highest BCUT2D eigenvalue weighted by Crippen LogP contribution is 2.63. The minimum absolute atomic E-state index is 0.210. The quantitative estimate of drug-likeness (QED) is 0.603. The van der Waals surface area contributed by atoms with Crippen LogP contribution in [0.15, 0.2) is 12.1 Å². The molecular formula is C22H27NO4. The molecule has 1 unspecified atom stereocenters. The number of ether oxygens (including phenoxy) is 2. The van der Waals surface area contributed by atoms with E-state index in [-0.39, 0.29) is 17.2 Å². The lowest BCUT2D eigenvalue weighted by molar-refractivity contribution is -0.138. The first-order valence-corrected chi connectivity index (χ1v) is 10.3. The highest BCUT2D eigenvalue weighted by Gasteiger charge is 2.65. The van der Waals surface area contributed by atoms with Crippen molar-refractivity contribution in [1.82, 2.24) is 4.90 Å². The molecule has 0 aromatic heterocycles. The molecule has 27 heavy (non-hydrogen) atoms. The summed E-state index contributed by atoms with van der Waals surface area (Å²) in [6.45, 7) is 3.04. The van der Waals surface area contributed by atoms with Crippen LogP contribution < -0.4 is 9.47 Å². The SMILES string of the molecule is CCCCC(=O)Oc1ccc2c3c1O[C@H]1C(=O)CCC4[C@@H](C2)N(C)CC[C@@]341. The molecule has 1 aromatic rings. The van der Waals surface area contributed by atoms with Gasteiger partial charge in [0.25, 0.3) is 0 Å². The molecule has 1 saturated heterocycles. The second kappa shape index (κ2) is 6.06. The minimum Gasteiger partial charge on any atom is -0.477 e. The van der Waals surface area contributed by atoms with E-state index in [9.17, 15) is 9.59 Å². The number of carbonyl (C=O) groups is 2. The Kier molecular flexibility index (Phi) is 3.87. The van der Waals surface area contributed by atoms with Gasteiger partial charge in [-0.3, -0.25) is 9.59 Å². The van der Waals surface area contributed by atoms with Gasteiger partial charge >= 0.3 is 5.97 Å². The van der Waals surface area contributed by atoms with E-state index in [4.69, 9.17) is 9.47 Å². The fourth-order valence-electron chi connectivity index (χ4n) is 6.09. The molecular weight excluding hydrogens is 342 g/mol. The fraction of sp³-hybridized carbons (Fsp3) is 0.636. The third-order valence-corrected chi connectivity index (χ3v) is 7.33. The molecule has 2 bridgehead atoms. The lowest BCUT2D eigenvalue weighted by Crippen LogP contribution is -2.65. The number of likely N-dealkylation sites (N-methyl/N-ethyl adjacent to an activating group) is 1. The van der Waals surface area contributed by atoms with Crippen molar-refractivity contribution < 1.29 is 19.1 Å². The number of esters is 1. The first-order chi connectivity index (χ1) is 13.1. The van der Waals surface area contributed by atoms with Crippen LogP contribution in [-0.2, 0) is 21.4 Å². The number of hydrogen-bond acceptors (Lipinski definition) is 5. The minimum atomic E-state index is -0.406. The van der Waals surface area contributed by atoms with Crippen molar-refractivity contribution in [2.45, 2.75) is 69.4 Å². The number of unbranched alkanes of at least 4 members (excludes halogenated alkanes) is 1. The average Bonchev–Trinajstić information content (AvgIpc) is 3.01. The van der Waals surface area contributed by atoms with Gasteiger partial charge in [0.1, 0.15) is 0 Å². The summed E-state index contributed by atoms with van der Waals surface area (Å²) in [5, 5.41) is 0. The zero-order chi connectivity index (χ0) is 18.8. The molecule has 5 rings (SSSR count). The zero-order valence-electron chi connectivity index (χ0n) is 16.1. The van der Waals surface area contributed by atoms with Gasteiger partial charge in [0.2, 0.25) is 0 Å². The van der Waals surface area contributed by atoms with E-state index < -0.39 is 6.10 Å². The van der Waals surface area contributed by atoms with Gasteiger partial charge in [0.05, 0.1) is 0 Å². The van der Waals surface area contributed by atoms with E-state index in [2.05, 4.69) is 24.9 Å². The Morgan fingerprint density at radius 2 is 2.26 bits per heavy atom. The van der Waals surface area contributed by atoms with Crippen molar-refractivity contribution in [3.05, 3.63) is 23.3 Å². The van der Waals surface area contributed by atoms with E-state index in [1.165, 1.54) is 11.1 Å². The number of nitrogens with zero attached hydrogens (tertiary/aromatic N) is 1. The van der Waals surface area contributed by atoms with Crippen LogP contribution in [0.2, 0.25) is 0 Å². The largest absolute Gasteiger partial charge is 0.477 e. The molecule has 2 fully saturated rings. The van der Waals surface area contributed by atoms with Crippen LogP contribution in [0.1, 0.15) is 56.6 Å². The Bertz CT molecular complexity index is 819. The molecule has 5 nitrogen and oxygen atoms in total. The Labute approximate surface area is 160 Å². The Hall–Kier alpha value is -1.88. The summed E-state index contributed by atoms with van der Waals surface area (Å²) in [5.41, 5.74) is 2.22. The van der Waals surface area contributed by atoms with E-state index in [0.29, 0.717) is 36.3 Å². The maximum Gasteiger partial charge on any atom is 0.311 e.